The Balaban J connectivity index is 3.63. The van der Waals surface area contributed by atoms with Crippen molar-refractivity contribution in [3.05, 3.63) is 0 Å². The second kappa shape index (κ2) is 9.44. The highest BCUT2D eigenvalue weighted by atomic mass is 16.6. The van der Waals surface area contributed by atoms with E-state index in [0.29, 0.717) is 0 Å². The number of carbonyl (C=O) groups is 2. The summed E-state index contributed by atoms with van der Waals surface area (Å²) in [4.78, 5) is 21.4. The van der Waals surface area contributed by atoms with Gasteiger partial charge in [-0.05, 0) is 13.8 Å². The number of hydrogen-bond donors (Lipinski definition) is 2. The molecule has 0 aliphatic carbocycles. The third kappa shape index (κ3) is 8.48. The number of carbonyl (C=O) groups excluding carboxylic acids is 2. The Labute approximate surface area is 92.7 Å². The highest BCUT2D eigenvalue weighted by molar-refractivity contribution is 6.16. The van der Waals surface area contributed by atoms with E-state index in [-0.39, 0.29) is 13.2 Å². The summed E-state index contributed by atoms with van der Waals surface area (Å²) in [6.45, 7) is 3.88. The first-order valence-corrected chi connectivity index (χ1v) is 4.61. The molecular weight excluding hydrogens is 216 g/mol. The molecule has 0 aromatic rings. The fraction of sp³-hybridized carbons (Fsp3) is 0.500. The predicted octanol–water partition coefficient (Wildman–Crippen LogP) is 0.450. The Hall–Kier alpha value is -2.12. The second-order valence-electron chi connectivity index (χ2n) is 2.22. The molecule has 2 N–H and O–H groups in total. The molecular formula is C8H14N4O4. The molecule has 0 aliphatic heterocycles. The van der Waals surface area contributed by atoms with Crippen LogP contribution in [-0.4, -0.2) is 37.8 Å². The Bertz CT molecular complexity index is 249. The Morgan fingerprint density at radius 3 is 1.69 bits per heavy atom. The maximum Gasteiger partial charge on any atom is 0.427 e. The SMILES string of the molecule is CCOC(=O)N/N=C\C=N\NC(=O)OCC. The third-order valence-corrected chi connectivity index (χ3v) is 1.08. The van der Waals surface area contributed by atoms with Gasteiger partial charge in [0.25, 0.3) is 0 Å². The lowest BCUT2D eigenvalue weighted by atomic mass is 10.8. The molecule has 90 valence electrons. The van der Waals surface area contributed by atoms with Gasteiger partial charge in [0.1, 0.15) is 0 Å². The summed E-state index contributed by atoms with van der Waals surface area (Å²) in [6, 6.07) is 0. The van der Waals surface area contributed by atoms with Crippen LogP contribution in [0, 0.1) is 0 Å². The number of nitrogens with zero attached hydrogens (tertiary/aromatic N) is 2. The largest absolute Gasteiger partial charge is 0.449 e. The van der Waals surface area contributed by atoms with Crippen molar-refractivity contribution in [1.82, 2.24) is 10.9 Å². The predicted molar refractivity (Wildman–Crippen MR) is 57.3 cm³/mol. The van der Waals surface area contributed by atoms with Crippen LogP contribution >= 0.6 is 0 Å². The zero-order valence-corrected chi connectivity index (χ0v) is 9.10. The van der Waals surface area contributed by atoms with Crippen molar-refractivity contribution in [3.63, 3.8) is 0 Å². The number of ether oxygens (including phenoxy) is 2. The summed E-state index contributed by atoms with van der Waals surface area (Å²) in [5.41, 5.74) is 4.14. The van der Waals surface area contributed by atoms with E-state index in [2.05, 4.69) is 30.5 Å². The van der Waals surface area contributed by atoms with Crippen molar-refractivity contribution in [2.45, 2.75) is 13.8 Å². The van der Waals surface area contributed by atoms with Gasteiger partial charge in [-0.25, -0.2) is 20.4 Å². The Kier molecular flexibility index (Phi) is 8.19. The first-order chi connectivity index (χ1) is 7.70. The number of amides is 2. The number of hydrazone groups is 2. The van der Waals surface area contributed by atoms with E-state index in [1.54, 1.807) is 13.8 Å². The Morgan fingerprint density at radius 2 is 1.38 bits per heavy atom. The molecule has 0 rings (SSSR count). The molecule has 16 heavy (non-hydrogen) atoms. The minimum absolute atomic E-state index is 0.264. The van der Waals surface area contributed by atoms with Crippen molar-refractivity contribution in [3.8, 4) is 0 Å². The number of rotatable bonds is 5. The van der Waals surface area contributed by atoms with Crippen LogP contribution in [-0.2, 0) is 9.47 Å². The summed E-state index contributed by atoms with van der Waals surface area (Å²) < 4.78 is 9.04. The van der Waals surface area contributed by atoms with Crippen LogP contribution in [0.25, 0.3) is 0 Å². The molecule has 0 radical (unpaired) electrons. The maximum atomic E-state index is 10.7. The monoisotopic (exact) mass is 230 g/mol. The summed E-state index contributed by atoms with van der Waals surface area (Å²) in [7, 11) is 0. The molecule has 0 atom stereocenters. The fourth-order valence-electron chi connectivity index (χ4n) is 0.573. The van der Waals surface area contributed by atoms with Gasteiger partial charge in [0.05, 0.1) is 25.6 Å². The van der Waals surface area contributed by atoms with Gasteiger partial charge < -0.3 is 9.47 Å². The van der Waals surface area contributed by atoms with E-state index in [1.165, 1.54) is 12.4 Å². The summed E-state index contributed by atoms with van der Waals surface area (Å²) >= 11 is 0. The van der Waals surface area contributed by atoms with Gasteiger partial charge in [0.2, 0.25) is 0 Å². The second-order valence-corrected chi connectivity index (χ2v) is 2.22. The average Bonchev–Trinajstić information content (AvgIpc) is 2.24. The minimum Gasteiger partial charge on any atom is -0.449 e. The quantitative estimate of drug-likeness (QED) is 0.528. The standard InChI is InChI=1S/C8H14N4O4/c1-3-15-7(13)11-9-5-6-10-12-8(14)16-4-2/h5-6H,3-4H2,1-2H3,(H,11,13)(H,12,14)/b9-5-,10-6+. The van der Waals surface area contributed by atoms with Crippen LogP contribution in [0.4, 0.5) is 9.59 Å². The van der Waals surface area contributed by atoms with Gasteiger partial charge >= 0.3 is 12.2 Å². The molecule has 0 spiro atoms. The molecule has 2 amide bonds. The third-order valence-electron chi connectivity index (χ3n) is 1.08. The maximum absolute atomic E-state index is 10.7. The van der Waals surface area contributed by atoms with Crippen molar-refractivity contribution in [2.75, 3.05) is 13.2 Å². The summed E-state index contributed by atoms with van der Waals surface area (Å²) in [6.07, 6.45) is 1.02. The molecule has 0 unspecified atom stereocenters. The number of nitrogens with one attached hydrogen (secondary N) is 2. The highest BCUT2D eigenvalue weighted by Crippen LogP contribution is 1.75. The van der Waals surface area contributed by atoms with E-state index in [4.69, 9.17) is 0 Å². The van der Waals surface area contributed by atoms with E-state index in [9.17, 15) is 9.59 Å². The molecule has 0 saturated heterocycles. The summed E-state index contributed by atoms with van der Waals surface area (Å²) in [5.74, 6) is 0. The molecule has 0 aromatic carbocycles. The molecule has 8 heteroatoms. The fourth-order valence-corrected chi connectivity index (χ4v) is 0.573. The van der Waals surface area contributed by atoms with Crippen molar-refractivity contribution >= 4 is 24.6 Å². The number of hydrogen-bond acceptors (Lipinski definition) is 6. The molecule has 0 fully saturated rings. The van der Waals surface area contributed by atoms with Gasteiger partial charge in [0, 0.05) is 0 Å². The average molecular weight is 230 g/mol. The van der Waals surface area contributed by atoms with Crippen molar-refractivity contribution < 1.29 is 19.1 Å². The molecule has 0 heterocycles. The lowest BCUT2D eigenvalue weighted by Crippen LogP contribution is -2.20. The first-order valence-electron chi connectivity index (χ1n) is 4.61. The smallest absolute Gasteiger partial charge is 0.427 e. The van der Waals surface area contributed by atoms with Crippen LogP contribution in [0.5, 0.6) is 0 Å². The van der Waals surface area contributed by atoms with Crippen LogP contribution in [0.15, 0.2) is 10.2 Å². The van der Waals surface area contributed by atoms with Crippen LogP contribution in [0.2, 0.25) is 0 Å². The van der Waals surface area contributed by atoms with Crippen molar-refractivity contribution in [1.29, 1.82) is 0 Å². The highest BCUT2D eigenvalue weighted by Gasteiger charge is 1.95. The van der Waals surface area contributed by atoms with Gasteiger partial charge in [-0.15, -0.1) is 0 Å². The molecule has 0 aromatic heterocycles. The van der Waals surface area contributed by atoms with Crippen LogP contribution in [0.3, 0.4) is 0 Å². The molecule has 0 bridgehead atoms. The van der Waals surface area contributed by atoms with Crippen LogP contribution < -0.4 is 10.9 Å². The van der Waals surface area contributed by atoms with Gasteiger partial charge in [-0.1, -0.05) is 0 Å². The zero-order valence-electron chi connectivity index (χ0n) is 9.10. The topological polar surface area (TPSA) is 101 Å². The van der Waals surface area contributed by atoms with E-state index in [1.807, 2.05) is 0 Å². The minimum atomic E-state index is -0.662. The van der Waals surface area contributed by atoms with Gasteiger partial charge in [-0.3, -0.25) is 0 Å². The van der Waals surface area contributed by atoms with Gasteiger partial charge in [-0.2, -0.15) is 10.2 Å². The normalized spacial score (nSPS) is 10.4. The lowest BCUT2D eigenvalue weighted by Gasteiger charge is -1.98. The van der Waals surface area contributed by atoms with Crippen molar-refractivity contribution in [2.24, 2.45) is 10.2 Å². The van der Waals surface area contributed by atoms with E-state index >= 15 is 0 Å². The van der Waals surface area contributed by atoms with Gasteiger partial charge in [0.15, 0.2) is 0 Å². The Morgan fingerprint density at radius 1 is 1.00 bits per heavy atom. The summed E-state index contributed by atoms with van der Waals surface area (Å²) in [5, 5.41) is 6.88. The lowest BCUT2D eigenvalue weighted by molar-refractivity contribution is 0.151. The zero-order chi connectivity index (χ0) is 12.2. The van der Waals surface area contributed by atoms with E-state index in [0.717, 1.165) is 0 Å². The van der Waals surface area contributed by atoms with Crippen LogP contribution in [0.1, 0.15) is 13.8 Å². The molecule has 0 aliphatic rings. The van der Waals surface area contributed by atoms with E-state index < -0.39 is 12.2 Å². The molecule has 8 nitrogen and oxygen atoms in total. The first kappa shape index (κ1) is 13.9. The molecule has 0 saturated carbocycles.